The van der Waals surface area contributed by atoms with Crippen LogP contribution in [0.15, 0.2) is 24.4 Å². The topological polar surface area (TPSA) is 77.2 Å². The fourth-order valence-corrected chi connectivity index (χ4v) is 5.09. The van der Waals surface area contributed by atoms with Crippen molar-refractivity contribution in [3.8, 4) is 11.7 Å². The molecule has 3 aliphatic rings. The maximum atomic E-state index is 11.0. The van der Waals surface area contributed by atoms with E-state index in [2.05, 4.69) is 10.1 Å². The molecule has 0 bridgehead atoms. The lowest BCUT2D eigenvalue weighted by atomic mass is 10.2. The summed E-state index contributed by atoms with van der Waals surface area (Å²) in [5.74, 6) is 0.776. The lowest BCUT2D eigenvalue weighted by Gasteiger charge is -2.04. The molecule has 2 spiro atoms. The smallest absolute Gasteiger partial charge is 0.338 e. The SMILES string of the molecule is O=C(O)c1ccc(-n2ccc(OCCC3C4(CC4)C34CC4)n2)nc1Cl. The zero-order valence-electron chi connectivity index (χ0n) is 13.6. The van der Waals surface area contributed by atoms with Crippen LogP contribution in [0.25, 0.3) is 5.82 Å². The molecule has 0 aromatic carbocycles. The molecule has 2 aromatic heterocycles. The molecule has 0 unspecified atom stereocenters. The summed E-state index contributed by atoms with van der Waals surface area (Å²) >= 11 is 5.91. The van der Waals surface area contributed by atoms with E-state index in [1.165, 1.54) is 36.4 Å². The number of aromatic carboxylic acids is 1. The summed E-state index contributed by atoms with van der Waals surface area (Å²) in [5, 5.41) is 13.3. The van der Waals surface area contributed by atoms with Gasteiger partial charge in [0.05, 0.1) is 12.2 Å². The molecule has 3 fully saturated rings. The highest BCUT2D eigenvalue weighted by Gasteiger charge is 2.85. The molecule has 3 aliphatic carbocycles. The van der Waals surface area contributed by atoms with Crippen molar-refractivity contribution in [2.45, 2.75) is 32.1 Å². The summed E-state index contributed by atoms with van der Waals surface area (Å²) in [7, 11) is 0. The number of carboxylic acids is 1. The summed E-state index contributed by atoms with van der Waals surface area (Å²) in [6.07, 6.45) is 8.53. The van der Waals surface area contributed by atoms with E-state index in [1.807, 2.05) is 0 Å². The predicted molar refractivity (Wildman–Crippen MR) is 90.3 cm³/mol. The van der Waals surface area contributed by atoms with E-state index in [0.29, 0.717) is 29.1 Å². The summed E-state index contributed by atoms with van der Waals surface area (Å²) in [5.41, 5.74) is 1.39. The van der Waals surface area contributed by atoms with Gasteiger partial charge in [-0.2, -0.15) is 0 Å². The zero-order chi connectivity index (χ0) is 17.2. The molecule has 7 heteroatoms. The van der Waals surface area contributed by atoms with Gasteiger partial charge in [-0.1, -0.05) is 11.6 Å². The normalized spacial score (nSPS) is 21.5. The summed E-state index contributed by atoms with van der Waals surface area (Å²) in [6, 6.07) is 4.78. The minimum atomic E-state index is -1.10. The largest absolute Gasteiger partial charge is 0.478 e. The molecule has 2 aromatic rings. The van der Waals surface area contributed by atoms with Crippen LogP contribution in [0.3, 0.4) is 0 Å². The summed E-state index contributed by atoms with van der Waals surface area (Å²) in [4.78, 5) is 15.1. The molecule has 6 nitrogen and oxygen atoms in total. The summed E-state index contributed by atoms with van der Waals surface area (Å²) in [6.45, 7) is 0.692. The Kier molecular flexibility index (Phi) is 3.02. The van der Waals surface area contributed by atoms with Crippen molar-refractivity contribution in [3.63, 3.8) is 0 Å². The highest BCUT2D eigenvalue weighted by Crippen LogP contribution is 2.93. The predicted octanol–water partition coefficient (Wildman–Crippen LogP) is 3.58. The first kappa shape index (κ1) is 15.2. The minimum absolute atomic E-state index is 0.0264. The van der Waals surface area contributed by atoms with Crippen LogP contribution < -0.4 is 4.74 Å². The molecule has 0 radical (unpaired) electrons. The van der Waals surface area contributed by atoms with Crippen LogP contribution in [-0.4, -0.2) is 32.4 Å². The Labute approximate surface area is 149 Å². The number of fused-ring (bicyclic) bond motifs is 1. The molecule has 1 N–H and O–H groups in total. The monoisotopic (exact) mass is 359 g/mol. The molecule has 0 aliphatic heterocycles. The average molecular weight is 360 g/mol. The third-order valence-electron chi connectivity index (χ3n) is 6.34. The van der Waals surface area contributed by atoms with Crippen molar-refractivity contribution in [1.29, 1.82) is 0 Å². The highest BCUT2D eigenvalue weighted by molar-refractivity contribution is 6.32. The first-order valence-electron chi connectivity index (χ1n) is 8.64. The van der Waals surface area contributed by atoms with Crippen molar-refractivity contribution >= 4 is 17.6 Å². The van der Waals surface area contributed by atoms with Crippen molar-refractivity contribution in [3.05, 3.63) is 35.1 Å². The van der Waals surface area contributed by atoms with Gasteiger partial charge in [0, 0.05) is 12.3 Å². The number of carbonyl (C=O) groups is 1. The van der Waals surface area contributed by atoms with Crippen LogP contribution in [0.2, 0.25) is 5.15 Å². The van der Waals surface area contributed by atoms with Gasteiger partial charge in [-0.3, -0.25) is 0 Å². The van der Waals surface area contributed by atoms with Crippen LogP contribution in [0.4, 0.5) is 0 Å². The van der Waals surface area contributed by atoms with Gasteiger partial charge in [0.1, 0.15) is 5.15 Å². The molecule has 0 amide bonds. The standard InChI is InChI=1S/C18H18ClN3O3/c19-15-11(16(23)24)1-2-13(20-15)22-9-3-14(21-22)25-10-4-12-17(5-6-17)18(12)7-8-18/h1-3,9,12H,4-8,10H2,(H,23,24). The Morgan fingerprint density at radius 2 is 2.00 bits per heavy atom. The Morgan fingerprint density at radius 1 is 1.28 bits per heavy atom. The van der Waals surface area contributed by atoms with E-state index < -0.39 is 5.97 Å². The van der Waals surface area contributed by atoms with Crippen LogP contribution in [0.1, 0.15) is 42.5 Å². The molecule has 3 saturated carbocycles. The van der Waals surface area contributed by atoms with Gasteiger partial charge in [-0.15, -0.1) is 5.10 Å². The zero-order valence-corrected chi connectivity index (χ0v) is 14.4. The number of pyridine rings is 1. The second kappa shape index (κ2) is 4.97. The third-order valence-corrected chi connectivity index (χ3v) is 6.63. The maximum Gasteiger partial charge on any atom is 0.338 e. The number of halogens is 1. The Balaban J connectivity index is 1.22. The van der Waals surface area contributed by atoms with Crippen LogP contribution >= 0.6 is 11.6 Å². The van der Waals surface area contributed by atoms with E-state index in [0.717, 1.165) is 12.3 Å². The van der Waals surface area contributed by atoms with Crippen molar-refractivity contribution in [2.75, 3.05) is 6.61 Å². The van der Waals surface area contributed by atoms with Crippen LogP contribution in [-0.2, 0) is 0 Å². The average Bonchev–Trinajstić information content (AvgIpc) is 3.53. The second-order valence-corrected chi connectivity index (χ2v) is 7.77. The van der Waals surface area contributed by atoms with Gasteiger partial charge in [0.2, 0.25) is 5.88 Å². The fourth-order valence-electron chi connectivity index (χ4n) is 4.86. The number of aromatic nitrogens is 3. The van der Waals surface area contributed by atoms with Crippen LogP contribution in [0, 0.1) is 16.7 Å². The molecular formula is C18H18ClN3O3. The van der Waals surface area contributed by atoms with E-state index in [4.69, 9.17) is 21.4 Å². The Morgan fingerprint density at radius 3 is 2.60 bits per heavy atom. The van der Waals surface area contributed by atoms with Gasteiger partial charge in [0.15, 0.2) is 5.82 Å². The number of carboxylic acid groups (broad SMARTS) is 1. The molecule has 2 heterocycles. The quantitative estimate of drug-likeness (QED) is 0.798. The van der Waals surface area contributed by atoms with Gasteiger partial charge in [-0.25, -0.2) is 14.5 Å². The number of ether oxygens (including phenoxy) is 1. The minimum Gasteiger partial charge on any atom is -0.478 e. The first-order valence-corrected chi connectivity index (χ1v) is 9.02. The fraction of sp³-hybridized carbons (Fsp3) is 0.500. The number of rotatable bonds is 6. The molecule has 0 atom stereocenters. The third kappa shape index (κ3) is 2.20. The Bertz CT molecular complexity index is 852. The Hall–Kier alpha value is -2.08. The van der Waals surface area contributed by atoms with E-state index in [9.17, 15) is 4.79 Å². The first-order chi connectivity index (χ1) is 12.1. The number of hydrogen-bond acceptors (Lipinski definition) is 4. The van der Waals surface area contributed by atoms with Crippen molar-refractivity contribution in [2.24, 2.45) is 16.7 Å². The highest BCUT2D eigenvalue weighted by atomic mass is 35.5. The van der Waals surface area contributed by atoms with E-state index in [1.54, 1.807) is 18.3 Å². The number of nitrogens with zero attached hydrogens (tertiary/aromatic N) is 3. The van der Waals surface area contributed by atoms with Crippen molar-refractivity contribution < 1.29 is 14.6 Å². The van der Waals surface area contributed by atoms with Crippen molar-refractivity contribution in [1.82, 2.24) is 14.8 Å². The lowest BCUT2D eigenvalue weighted by molar-refractivity contribution is 0.0696. The van der Waals surface area contributed by atoms with Gasteiger partial charge < -0.3 is 9.84 Å². The second-order valence-electron chi connectivity index (χ2n) is 7.41. The van der Waals surface area contributed by atoms with Gasteiger partial charge >= 0.3 is 5.97 Å². The molecule has 25 heavy (non-hydrogen) atoms. The van der Waals surface area contributed by atoms with E-state index >= 15 is 0 Å². The maximum absolute atomic E-state index is 11.0. The lowest BCUT2D eigenvalue weighted by Crippen LogP contribution is -2.05. The molecule has 0 saturated heterocycles. The molecular weight excluding hydrogens is 342 g/mol. The van der Waals surface area contributed by atoms with Crippen LogP contribution in [0.5, 0.6) is 5.88 Å². The van der Waals surface area contributed by atoms with E-state index in [-0.39, 0.29) is 10.7 Å². The van der Waals surface area contributed by atoms with Gasteiger partial charge in [-0.05, 0) is 61.0 Å². The van der Waals surface area contributed by atoms with Gasteiger partial charge in [0.25, 0.3) is 0 Å². The number of hydrogen-bond donors (Lipinski definition) is 1. The molecule has 130 valence electrons. The summed E-state index contributed by atoms with van der Waals surface area (Å²) < 4.78 is 7.34. The molecule has 5 rings (SSSR count).